The van der Waals surface area contributed by atoms with Gasteiger partial charge in [-0.1, -0.05) is 6.92 Å². The Hall–Kier alpha value is -0.810. The summed E-state index contributed by atoms with van der Waals surface area (Å²) >= 11 is 5.88. The monoisotopic (exact) mass is 263 g/mol. The molecule has 0 spiro atoms. The van der Waals surface area contributed by atoms with Crippen molar-refractivity contribution >= 4 is 23.5 Å². The van der Waals surface area contributed by atoms with E-state index < -0.39 is 17.3 Å². The fraction of sp³-hybridized carbons (Fsp3) is 0.818. The van der Waals surface area contributed by atoms with Gasteiger partial charge in [-0.2, -0.15) is 0 Å². The molecule has 1 fully saturated rings. The van der Waals surface area contributed by atoms with Crippen molar-refractivity contribution < 1.29 is 19.8 Å². The molecule has 2 unspecified atom stereocenters. The largest absolute Gasteiger partial charge is 0.481 e. The van der Waals surface area contributed by atoms with E-state index >= 15 is 0 Å². The average molecular weight is 264 g/mol. The van der Waals surface area contributed by atoms with Crippen LogP contribution in [0.1, 0.15) is 26.2 Å². The molecular formula is C11H18ClNO4. The summed E-state index contributed by atoms with van der Waals surface area (Å²) in [4.78, 5) is 24.3. The van der Waals surface area contributed by atoms with Gasteiger partial charge >= 0.3 is 5.97 Å². The number of hydrogen-bond acceptors (Lipinski definition) is 3. The lowest BCUT2D eigenvalue weighted by molar-refractivity contribution is -0.148. The zero-order valence-electron chi connectivity index (χ0n) is 9.80. The van der Waals surface area contributed by atoms with E-state index in [1.807, 2.05) is 0 Å². The van der Waals surface area contributed by atoms with Crippen molar-refractivity contribution in [2.45, 2.75) is 37.6 Å². The topological polar surface area (TPSA) is 77.8 Å². The van der Waals surface area contributed by atoms with Crippen LogP contribution in [-0.2, 0) is 9.59 Å². The van der Waals surface area contributed by atoms with Crippen molar-refractivity contribution in [2.24, 2.45) is 5.92 Å². The van der Waals surface area contributed by atoms with Gasteiger partial charge in [-0.15, -0.1) is 11.6 Å². The molecule has 0 aliphatic carbocycles. The fourth-order valence-electron chi connectivity index (χ4n) is 2.04. The van der Waals surface area contributed by atoms with Crippen LogP contribution in [0, 0.1) is 5.92 Å². The second-order valence-electron chi connectivity index (χ2n) is 4.32. The molecule has 1 saturated heterocycles. The fourth-order valence-corrected chi connectivity index (χ4v) is 2.17. The van der Waals surface area contributed by atoms with E-state index in [4.69, 9.17) is 16.7 Å². The molecule has 17 heavy (non-hydrogen) atoms. The number of aliphatic carboxylic acids is 1. The normalized spacial score (nSPS) is 26.6. The maximum Gasteiger partial charge on any atom is 0.308 e. The van der Waals surface area contributed by atoms with E-state index in [1.54, 1.807) is 6.92 Å². The molecule has 1 rings (SSSR count). The zero-order valence-corrected chi connectivity index (χ0v) is 10.6. The van der Waals surface area contributed by atoms with Crippen molar-refractivity contribution in [3.05, 3.63) is 0 Å². The number of carboxylic acid groups (broad SMARTS) is 1. The zero-order chi connectivity index (χ0) is 13.0. The highest BCUT2D eigenvalue weighted by Crippen LogP contribution is 2.24. The predicted octanol–water partition coefficient (Wildman–Crippen LogP) is 0.688. The Morgan fingerprint density at radius 3 is 2.59 bits per heavy atom. The van der Waals surface area contributed by atoms with Gasteiger partial charge in [0, 0.05) is 6.54 Å². The summed E-state index contributed by atoms with van der Waals surface area (Å²) in [6, 6.07) is -0.300. The first-order chi connectivity index (χ1) is 8.01. The number of amides is 1. The predicted molar refractivity (Wildman–Crippen MR) is 62.9 cm³/mol. The number of carboxylic acids is 1. The van der Waals surface area contributed by atoms with Crippen molar-refractivity contribution in [1.29, 1.82) is 0 Å². The average Bonchev–Trinajstić information content (AvgIpc) is 2.35. The van der Waals surface area contributed by atoms with Crippen LogP contribution in [0.15, 0.2) is 0 Å². The number of hydrogen-bond donors (Lipinski definition) is 2. The number of piperidine rings is 1. The van der Waals surface area contributed by atoms with Gasteiger partial charge in [0.05, 0.1) is 18.6 Å². The first kappa shape index (κ1) is 14.3. The van der Waals surface area contributed by atoms with Gasteiger partial charge in [0.25, 0.3) is 0 Å². The number of likely N-dealkylation sites (tertiary alicyclic amines) is 1. The van der Waals surface area contributed by atoms with E-state index in [1.165, 1.54) is 4.90 Å². The second kappa shape index (κ2) is 6.21. The Kier molecular flexibility index (Phi) is 5.21. The van der Waals surface area contributed by atoms with E-state index in [-0.39, 0.29) is 25.1 Å². The summed E-state index contributed by atoms with van der Waals surface area (Å²) in [6.07, 6.45) is 1.49. The van der Waals surface area contributed by atoms with Crippen LogP contribution in [0.25, 0.3) is 0 Å². The van der Waals surface area contributed by atoms with Crippen LogP contribution in [0.2, 0.25) is 0 Å². The van der Waals surface area contributed by atoms with Gasteiger partial charge < -0.3 is 15.1 Å². The Bertz CT molecular complexity index is 297. The van der Waals surface area contributed by atoms with Crippen LogP contribution >= 0.6 is 11.6 Å². The molecule has 5 nitrogen and oxygen atoms in total. The van der Waals surface area contributed by atoms with E-state index in [9.17, 15) is 14.7 Å². The lowest BCUT2D eigenvalue weighted by Crippen LogP contribution is -2.52. The molecule has 1 aliphatic heterocycles. The summed E-state index contributed by atoms with van der Waals surface area (Å²) in [6.45, 7) is 1.79. The third-order valence-corrected chi connectivity index (χ3v) is 3.67. The molecule has 0 aromatic rings. The first-order valence-corrected chi connectivity index (χ1v) is 6.23. The molecule has 0 aromatic carbocycles. The summed E-state index contributed by atoms with van der Waals surface area (Å²) in [5.41, 5.74) is 0. The molecule has 0 bridgehead atoms. The number of halogens is 1. The Morgan fingerprint density at radius 1 is 1.47 bits per heavy atom. The quantitative estimate of drug-likeness (QED) is 0.732. The van der Waals surface area contributed by atoms with E-state index in [0.717, 1.165) is 0 Å². The minimum absolute atomic E-state index is 0.141. The van der Waals surface area contributed by atoms with Crippen molar-refractivity contribution in [2.75, 3.05) is 13.2 Å². The number of alkyl halides is 1. The molecule has 0 aromatic heterocycles. The number of aliphatic hydroxyl groups excluding tert-OH is 1. The molecule has 1 aliphatic rings. The summed E-state index contributed by atoms with van der Waals surface area (Å²) in [7, 11) is 0. The minimum Gasteiger partial charge on any atom is -0.481 e. The smallest absolute Gasteiger partial charge is 0.308 e. The standard InChI is InChI=1S/C11H18ClNO4/c1-2-9(12)10(15)13-5-7(11(16)17)3-4-8(13)6-14/h7-9,14H,2-6H2,1H3,(H,16,17)/t7?,8?,9-/m1/s1. The first-order valence-electron chi connectivity index (χ1n) is 5.79. The summed E-state index contributed by atoms with van der Waals surface area (Å²) in [5.74, 6) is -1.73. The SMILES string of the molecule is CC[C@@H](Cl)C(=O)N1CC(C(=O)O)CCC1CO. The van der Waals surface area contributed by atoms with Gasteiger partial charge in [0.15, 0.2) is 0 Å². The maximum atomic E-state index is 12.0. The lowest BCUT2D eigenvalue weighted by atomic mass is 9.92. The Morgan fingerprint density at radius 2 is 2.12 bits per heavy atom. The number of carbonyl (C=O) groups excluding carboxylic acids is 1. The van der Waals surface area contributed by atoms with Crippen LogP contribution in [0.5, 0.6) is 0 Å². The summed E-state index contributed by atoms with van der Waals surface area (Å²) in [5, 5.41) is 17.5. The van der Waals surface area contributed by atoms with Gasteiger partial charge in [-0.05, 0) is 19.3 Å². The van der Waals surface area contributed by atoms with Crippen molar-refractivity contribution in [3.8, 4) is 0 Å². The molecule has 0 radical (unpaired) electrons. The molecule has 0 saturated carbocycles. The van der Waals surface area contributed by atoms with Gasteiger partial charge in [-0.25, -0.2) is 0 Å². The Labute approximate surface area is 105 Å². The molecule has 3 atom stereocenters. The van der Waals surface area contributed by atoms with Crippen LogP contribution < -0.4 is 0 Å². The third-order valence-electron chi connectivity index (χ3n) is 3.18. The lowest BCUT2D eigenvalue weighted by Gasteiger charge is -2.38. The number of nitrogens with zero attached hydrogens (tertiary/aromatic N) is 1. The number of rotatable bonds is 4. The maximum absolute atomic E-state index is 12.0. The highest BCUT2D eigenvalue weighted by Gasteiger charge is 2.36. The minimum atomic E-state index is -0.901. The van der Waals surface area contributed by atoms with E-state index in [0.29, 0.717) is 19.3 Å². The second-order valence-corrected chi connectivity index (χ2v) is 4.84. The molecule has 2 N–H and O–H groups in total. The molecule has 1 amide bonds. The van der Waals surface area contributed by atoms with E-state index in [2.05, 4.69) is 0 Å². The van der Waals surface area contributed by atoms with Crippen LogP contribution in [0.3, 0.4) is 0 Å². The molecule has 1 heterocycles. The van der Waals surface area contributed by atoms with Gasteiger partial charge in [0.1, 0.15) is 5.38 Å². The summed E-state index contributed by atoms with van der Waals surface area (Å²) < 4.78 is 0. The van der Waals surface area contributed by atoms with Gasteiger partial charge in [-0.3, -0.25) is 9.59 Å². The van der Waals surface area contributed by atoms with Crippen molar-refractivity contribution in [3.63, 3.8) is 0 Å². The number of carbonyl (C=O) groups is 2. The number of aliphatic hydroxyl groups is 1. The van der Waals surface area contributed by atoms with Crippen LogP contribution in [-0.4, -0.2) is 51.6 Å². The molecule has 98 valence electrons. The Balaban J connectivity index is 2.76. The van der Waals surface area contributed by atoms with Crippen molar-refractivity contribution in [1.82, 2.24) is 4.90 Å². The highest BCUT2D eigenvalue weighted by atomic mass is 35.5. The molecule has 6 heteroatoms. The highest BCUT2D eigenvalue weighted by molar-refractivity contribution is 6.30. The third kappa shape index (κ3) is 3.33. The molecular weight excluding hydrogens is 246 g/mol. The van der Waals surface area contributed by atoms with Crippen LogP contribution in [0.4, 0.5) is 0 Å². The van der Waals surface area contributed by atoms with Gasteiger partial charge in [0.2, 0.25) is 5.91 Å².